The Balaban J connectivity index is 0.000000438. The number of hydrogen-bond acceptors (Lipinski definition) is 20. The predicted octanol–water partition coefficient (Wildman–Crippen LogP) is 8.16. The molecule has 2 heterocycles. The van der Waals surface area contributed by atoms with Gasteiger partial charge in [0.1, 0.15) is 36.5 Å². The van der Waals surface area contributed by atoms with Crippen LogP contribution in [-0.2, 0) is 52.2 Å². The summed E-state index contributed by atoms with van der Waals surface area (Å²) < 4.78 is 66.4. The van der Waals surface area contributed by atoms with Crippen molar-refractivity contribution in [2.45, 2.75) is 116 Å². The van der Waals surface area contributed by atoms with Crippen molar-refractivity contribution in [3.8, 4) is 23.9 Å². The molecule has 0 bridgehead atoms. The average Bonchev–Trinajstić information content (AvgIpc) is 3.61. The number of aromatic hydroxyl groups is 2. The van der Waals surface area contributed by atoms with Crippen LogP contribution in [0.4, 0.5) is 22.7 Å². The molecule has 2 unspecified atom stereocenters. The number of aliphatic hydroxyl groups excluding tert-OH is 2. The van der Waals surface area contributed by atoms with Crippen LogP contribution in [0, 0.1) is 48.3 Å². The van der Waals surface area contributed by atoms with E-state index >= 15 is 0 Å². The van der Waals surface area contributed by atoms with Gasteiger partial charge in [-0.3, -0.25) is 18.7 Å². The van der Waals surface area contributed by atoms with E-state index < -0.39 is 62.2 Å². The minimum atomic E-state index is -4.14. The van der Waals surface area contributed by atoms with E-state index in [4.69, 9.17) is 19.7 Å². The molecule has 0 aliphatic heterocycles. The molecule has 0 saturated heterocycles. The van der Waals surface area contributed by atoms with Crippen molar-refractivity contribution in [1.29, 1.82) is 10.5 Å². The average molecular weight is 1180 g/mol. The van der Waals surface area contributed by atoms with Gasteiger partial charge in [-0.15, -0.1) is 10.2 Å². The van der Waals surface area contributed by atoms with E-state index in [1.807, 2.05) is 26.0 Å². The number of hydrogen-bond donors (Lipinski definition) is 4. The molecular weight excluding hydrogens is 1100 g/mol. The van der Waals surface area contributed by atoms with Crippen molar-refractivity contribution >= 4 is 54.7 Å². The molecule has 0 aliphatic carbocycles. The maximum Gasteiger partial charge on any atom is 0.330 e. The lowest BCUT2D eigenvalue weighted by atomic mass is 9.99. The van der Waals surface area contributed by atoms with E-state index in [2.05, 4.69) is 47.5 Å². The molecule has 0 fully saturated rings. The highest BCUT2D eigenvalue weighted by Crippen LogP contribution is 2.31. The van der Waals surface area contributed by atoms with E-state index in [-0.39, 0.29) is 125 Å². The number of unbranched alkanes of at least 4 members (excludes halogenated alkanes) is 2. The number of pyridine rings is 2. The second-order valence-corrected chi connectivity index (χ2v) is 22.5. The molecule has 82 heavy (non-hydrogen) atoms. The number of sulfonamides is 2. The third-order valence-corrected chi connectivity index (χ3v) is 17.0. The zero-order valence-corrected chi connectivity index (χ0v) is 48.9. The van der Waals surface area contributed by atoms with E-state index in [0.717, 1.165) is 76.7 Å². The first kappa shape index (κ1) is 68.6. The maximum atomic E-state index is 13.4. The Morgan fingerprint density at radius 2 is 0.963 bits per heavy atom. The molecule has 0 spiro atoms. The van der Waals surface area contributed by atoms with E-state index in [1.165, 1.54) is 66.9 Å². The molecular formula is C56H74N10O14S2. The molecule has 2 atom stereocenters. The summed E-state index contributed by atoms with van der Waals surface area (Å²) in [5.41, 5.74) is -0.606. The lowest BCUT2D eigenvalue weighted by Gasteiger charge is -2.22. The topological polar surface area (TPSA) is 349 Å². The van der Waals surface area contributed by atoms with Crippen molar-refractivity contribution in [3.63, 3.8) is 0 Å². The number of aliphatic hydroxyl groups is 2. The van der Waals surface area contributed by atoms with Gasteiger partial charge in [0, 0.05) is 62.5 Å². The minimum Gasteiger partial charge on any atom is -0.493 e. The van der Waals surface area contributed by atoms with Gasteiger partial charge in [0.05, 0.1) is 34.4 Å². The van der Waals surface area contributed by atoms with Gasteiger partial charge in [-0.05, 0) is 87.1 Å². The molecule has 2 aromatic carbocycles. The van der Waals surface area contributed by atoms with E-state index in [1.54, 1.807) is 0 Å². The molecule has 0 saturated carbocycles. The Morgan fingerprint density at radius 3 is 1.26 bits per heavy atom. The molecule has 2 aromatic heterocycles. The maximum absolute atomic E-state index is 13.4. The SMILES string of the molecule is C=CC(=O)OCCN(CCOC(=O)C=C)S(=O)(=O)c1ccc(N=Nc2c(C)c(C#N)c(O)n(CC(CC)CCCC)c2=O)cc1.CCCCC(CC)Cn1c(O)c(C#N)c(C)c(N=Nc2ccc(S(=O)(=O)N(CCO)CCO)cc2)c1=O. The standard InChI is InChI=1S/C31H39N5O8S.C25H35N5O6S/c1-6-10-11-23(7-2)21-36-30(39)26(20-32)22(5)29(31(36)40)34-33-24-12-14-25(15-13-24)45(41,42)35(16-18-43-27(37)8-3)17-19-44-28(38)9-4;1-4-6-7-19(5-2)17-30-24(33)22(16-26)18(3)23(25(30)34)28-27-20-8-10-21(11-9-20)37(35,36)29(12-14-31)13-15-32/h8-9,12-15,23,39H,3-4,6-7,10-11,16-19,21H2,1-2,5H3;8-11,19,31-33H,4-7,12-15,17H2,1-3H3. The van der Waals surface area contributed by atoms with Crippen LogP contribution in [0.1, 0.15) is 101 Å². The zero-order chi connectivity index (χ0) is 61.2. The number of esters is 2. The third-order valence-electron chi connectivity index (χ3n) is 13.2. The van der Waals surface area contributed by atoms with Crippen LogP contribution in [0.3, 0.4) is 0 Å². The summed E-state index contributed by atoms with van der Waals surface area (Å²) in [5.74, 6) is -1.98. The van der Waals surface area contributed by atoms with Crippen LogP contribution in [0.25, 0.3) is 0 Å². The summed E-state index contributed by atoms with van der Waals surface area (Å²) in [7, 11) is -8.08. The number of azo groups is 2. The van der Waals surface area contributed by atoms with Crippen LogP contribution >= 0.6 is 0 Å². The van der Waals surface area contributed by atoms with Crippen LogP contribution in [-0.4, -0.2) is 120 Å². The van der Waals surface area contributed by atoms with Gasteiger partial charge in [-0.25, -0.2) is 26.4 Å². The first-order valence-corrected chi connectivity index (χ1v) is 29.5. The lowest BCUT2D eigenvalue weighted by Crippen LogP contribution is -2.37. The van der Waals surface area contributed by atoms with Gasteiger partial charge in [0.25, 0.3) is 11.1 Å². The Labute approximate surface area is 478 Å². The fourth-order valence-electron chi connectivity index (χ4n) is 8.23. The summed E-state index contributed by atoms with van der Waals surface area (Å²) in [5, 5.41) is 75.2. The summed E-state index contributed by atoms with van der Waals surface area (Å²) in [6.07, 6.45) is 9.18. The summed E-state index contributed by atoms with van der Waals surface area (Å²) in [6.45, 7) is 16.2. The molecule has 4 aromatic rings. The van der Waals surface area contributed by atoms with Gasteiger partial charge in [0.15, 0.2) is 11.4 Å². The van der Waals surface area contributed by atoms with Crippen molar-refractivity contribution in [3.05, 3.63) is 117 Å². The number of rotatable bonds is 32. The second kappa shape index (κ2) is 33.9. The van der Waals surface area contributed by atoms with E-state index in [0.29, 0.717) is 0 Å². The van der Waals surface area contributed by atoms with Gasteiger partial charge < -0.3 is 29.9 Å². The van der Waals surface area contributed by atoms with Gasteiger partial charge in [-0.2, -0.15) is 29.4 Å². The van der Waals surface area contributed by atoms with Gasteiger partial charge >= 0.3 is 11.9 Å². The zero-order valence-electron chi connectivity index (χ0n) is 47.2. The fourth-order valence-corrected chi connectivity index (χ4v) is 11.1. The van der Waals surface area contributed by atoms with Crippen LogP contribution < -0.4 is 11.1 Å². The number of nitrogens with zero attached hydrogens (tertiary/aromatic N) is 10. The Hall–Kier alpha value is -7.72. The van der Waals surface area contributed by atoms with Crippen LogP contribution in [0.5, 0.6) is 11.8 Å². The summed E-state index contributed by atoms with van der Waals surface area (Å²) in [6, 6.07) is 14.6. The molecule has 24 nitrogen and oxygen atoms in total. The third kappa shape index (κ3) is 18.7. The van der Waals surface area contributed by atoms with Crippen molar-refractivity contribution in [1.82, 2.24) is 17.7 Å². The van der Waals surface area contributed by atoms with Crippen molar-refractivity contribution in [2.24, 2.45) is 32.3 Å². The number of benzene rings is 2. The lowest BCUT2D eigenvalue weighted by molar-refractivity contribution is -0.137. The molecule has 444 valence electrons. The van der Waals surface area contributed by atoms with Gasteiger partial charge in [-0.1, -0.05) is 79.4 Å². The van der Waals surface area contributed by atoms with Crippen molar-refractivity contribution in [2.75, 3.05) is 52.6 Å². The highest BCUT2D eigenvalue weighted by molar-refractivity contribution is 7.89. The normalized spacial score (nSPS) is 12.4. The highest BCUT2D eigenvalue weighted by Gasteiger charge is 2.27. The molecule has 0 radical (unpaired) electrons. The first-order chi connectivity index (χ1) is 39.1. The predicted molar refractivity (Wildman–Crippen MR) is 305 cm³/mol. The molecule has 0 aliphatic rings. The largest absolute Gasteiger partial charge is 0.493 e. The van der Waals surface area contributed by atoms with Crippen LogP contribution in [0.15, 0.2) is 114 Å². The molecule has 4 rings (SSSR count). The quantitative estimate of drug-likeness (QED) is 0.0203. The Bertz CT molecular complexity index is 3300. The summed E-state index contributed by atoms with van der Waals surface area (Å²) in [4.78, 5) is 49.2. The molecule has 4 N–H and O–H groups in total. The Kier molecular flexibility index (Phi) is 28.3. The summed E-state index contributed by atoms with van der Waals surface area (Å²) >= 11 is 0. The van der Waals surface area contributed by atoms with Crippen LogP contribution in [0.2, 0.25) is 0 Å². The van der Waals surface area contributed by atoms with Crippen molar-refractivity contribution < 1.29 is 56.3 Å². The second-order valence-electron chi connectivity index (χ2n) is 18.6. The number of aromatic nitrogens is 2. The fraction of sp³-hybridized carbons (Fsp3) is 0.464. The number of nitriles is 2. The highest BCUT2D eigenvalue weighted by atomic mass is 32.2. The van der Waals surface area contributed by atoms with Gasteiger partial charge in [0.2, 0.25) is 31.8 Å². The number of carbonyl (C=O) groups excluding carboxylic acids is 2. The molecule has 0 amide bonds. The smallest absolute Gasteiger partial charge is 0.330 e. The molecule has 26 heteroatoms. The number of carbonyl (C=O) groups is 2. The van der Waals surface area contributed by atoms with E-state index in [9.17, 15) is 56.8 Å². The number of ether oxygens (including phenoxy) is 2. The monoisotopic (exact) mass is 1170 g/mol. The first-order valence-electron chi connectivity index (χ1n) is 26.7. The Morgan fingerprint density at radius 1 is 0.622 bits per heavy atom. The minimum absolute atomic E-state index is 0.0480.